The van der Waals surface area contributed by atoms with E-state index in [1.54, 1.807) is 0 Å². The van der Waals surface area contributed by atoms with Crippen LogP contribution in [-0.2, 0) is 6.54 Å². The molecule has 0 atom stereocenters. The third-order valence-electron chi connectivity index (χ3n) is 3.27. The molecule has 6 heteroatoms. The molecule has 1 aromatic heterocycles. The van der Waals surface area contributed by atoms with Crippen LogP contribution < -0.4 is 10.1 Å². The molecule has 3 aromatic rings. The van der Waals surface area contributed by atoms with Gasteiger partial charge in [-0.25, -0.2) is 4.79 Å². The summed E-state index contributed by atoms with van der Waals surface area (Å²) in [4.78, 5) is 11.9. The standard InChI is InChI=1S/C18H14N4O2/c19-10-15-12-21-22(13-15)18(23)20-11-14-6-8-17(9-7-14)24-16-4-2-1-3-5-16/h1-9,12-13H,11H2,(H,20,23). The van der Waals surface area contributed by atoms with E-state index in [9.17, 15) is 4.79 Å². The summed E-state index contributed by atoms with van der Waals surface area (Å²) in [6.07, 6.45) is 2.72. The lowest BCUT2D eigenvalue weighted by atomic mass is 10.2. The molecule has 0 fully saturated rings. The Morgan fingerprint density at radius 2 is 1.83 bits per heavy atom. The molecule has 0 spiro atoms. The summed E-state index contributed by atoms with van der Waals surface area (Å²) in [5.41, 5.74) is 1.27. The Balaban J connectivity index is 1.56. The second-order valence-corrected chi connectivity index (χ2v) is 5.00. The summed E-state index contributed by atoms with van der Waals surface area (Å²) in [5.74, 6) is 1.49. The Labute approximate surface area is 138 Å². The van der Waals surface area contributed by atoms with E-state index in [-0.39, 0.29) is 6.03 Å². The van der Waals surface area contributed by atoms with Crippen molar-refractivity contribution in [1.82, 2.24) is 15.1 Å². The summed E-state index contributed by atoms with van der Waals surface area (Å²) >= 11 is 0. The summed E-state index contributed by atoms with van der Waals surface area (Å²) in [6.45, 7) is 0.353. The second kappa shape index (κ2) is 7.11. The predicted molar refractivity (Wildman–Crippen MR) is 87.5 cm³/mol. The van der Waals surface area contributed by atoms with Crippen molar-refractivity contribution in [2.24, 2.45) is 0 Å². The molecule has 0 aliphatic rings. The van der Waals surface area contributed by atoms with Crippen molar-refractivity contribution in [1.29, 1.82) is 5.26 Å². The van der Waals surface area contributed by atoms with Crippen molar-refractivity contribution < 1.29 is 9.53 Å². The van der Waals surface area contributed by atoms with Gasteiger partial charge in [0.25, 0.3) is 0 Å². The average molecular weight is 318 g/mol. The first-order valence-electron chi connectivity index (χ1n) is 7.29. The van der Waals surface area contributed by atoms with Gasteiger partial charge in [-0.1, -0.05) is 30.3 Å². The van der Waals surface area contributed by atoms with Crippen molar-refractivity contribution in [2.45, 2.75) is 6.54 Å². The van der Waals surface area contributed by atoms with Crippen LogP contribution in [0.15, 0.2) is 67.0 Å². The van der Waals surface area contributed by atoms with Crippen LogP contribution in [0.1, 0.15) is 11.1 Å². The first-order chi connectivity index (χ1) is 11.7. The van der Waals surface area contributed by atoms with Gasteiger partial charge in [0.1, 0.15) is 17.6 Å². The van der Waals surface area contributed by atoms with E-state index < -0.39 is 0 Å². The fraction of sp³-hybridized carbons (Fsp3) is 0.0556. The van der Waals surface area contributed by atoms with Crippen LogP contribution >= 0.6 is 0 Å². The third kappa shape index (κ3) is 3.78. The second-order valence-electron chi connectivity index (χ2n) is 5.00. The molecule has 1 heterocycles. The topological polar surface area (TPSA) is 79.9 Å². The molecule has 0 bridgehead atoms. The zero-order valence-electron chi connectivity index (χ0n) is 12.7. The number of nitrogens with one attached hydrogen (secondary N) is 1. The van der Waals surface area contributed by atoms with Gasteiger partial charge in [0.2, 0.25) is 0 Å². The van der Waals surface area contributed by atoms with Gasteiger partial charge in [0.15, 0.2) is 0 Å². The van der Waals surface area contributed by atoms with Gasteiger partial charge in [-0.05, 0) is 29.8 Å². The Hall–Kier alpha value is -3.59. The van der Waals surface area contributed by atoms with Crippen LogP contribution in [-0.4, -0.2) is 15.8 Å². The van der Waals surface area contributed by atoms with Crippen molar-refractivity contribution in [3.8, 4) is 17.6 Å². The molecule has 1 N–H and O–H groups in total. The monoisotopic (exact) mass is 318 g/mol. The number of benzene rings is 2. The minimum atomic E-state index is -0.388. The molecule has 3 rings (SSSR count). The number of para-hydroxylation sites is 1. The van der Waals surface area contributed by atoms with Gasteiger partial charge in [0, 0.05) is 6.54 Å². The van der Waals surface area contributed by atoms with Crippen LogP contribution in [0.5, 0.6) is 11.5 Å². The van der Waals surface area contributed by atoms with Gasteiger partial charge < -0.3 is 10.1 Å². The largest absolute Gasteiger partial charge is 0.457 e. The lowest BCUT2D eigenvalue weighted by Crippen LogP contribution is -2.28. The van der Waals surface area contributed by atoms with Crippen LogP contribution in [0.2, 0.25) is 0 Å². The molecule has 118 valence electrons. The molecule has 24 heavy (non-hydrogen) atoms. The number of carbonyl (C=O) groups excluding carboxylic acids is 1. The number of amides is 1. The number of hydrogen-bond acceptors (Lipinski definition) is 4. The normalized spacial score (nSPS) is 9.96. The molecule has 6 nitrogen and oxygen atoms in total. The van der Waals surface area contributed by atoms with Crippen molar-refractivity contribution in [3.63, 3.8) is 0 Å². The highest BCUT2D eigenvalue weighted by Crippen LogP contribution is 2.21. The quantitative estimate of drug-likeness (QED) is 0.800. The minimum Gasteiger partial charge on any atom is -0.457 e. The zero-order chi connectivity index (χ0) is 16.8. The number of ether oxygens (including phenoxy) is 1. The average Bonchev–Trinajstić information content (AvgIpc) is 3.11. The highest BCUT2D eigenvalue weighted by molar-refractivity contribution is 5.75. The minimum absolute atomic E-state index is 0.340. The highest BCUT2D eigenvalue weighted by Gasteiger charge is 2.06. The van der Waals surface area contributed by atoms with E-state index in [1.807, 2.05) is 60.7 Å². The number of nitriles is 1. The molecular weight excluding hydrogens is 304 g/mol. The number of hydrogen-bond donors (Lipinski definition) is 1. The van der Waals surface area contributed by atoms with E-state index in [0.717, 1.165) is 21.7 Å². The number of rotatable bonds is 4. The Bertz CT molecular complexity index is 864. The smallest absolute Gasteiger partial charge is 0.342 e. The molecule has 2 aromatic carbocycles. The Morgan fingerprint density at radius 3 is 2.50 bits per heavy atom. The molecule has 0 unspecified atom stereocenters. The van der Waals surface area contributed by atoms with Crippen molar-refractivity contribution >= 4 is 6.03 Å². The molecule has 0 aliphatic carbocycles. The van der Waals surface area contributed by atoms with Crippen LogP contribution in [0.4, 0.5) is 4.79 Å². The first kappa shape index (κ1) is 15.3. The maximum absolute atomic E-state index is 11.9. The number of aromatic nitrogens is 2. The van der Waals surface area contributed by atoms with Crippen molar-refractivity contribution in [3.05, 3.63) is 78.1 Å². The summed E-state index contributed by atoms with van der Waals surface area (Å²) in [6, 6.07) is 18.5. The van der Waals surface area contributed by atoms with Crippen LogP contribution in [0.25, 0.3) is 0 Å². The van der Waals surface area contributed by atoms with E-state index in [0.29, 0.717) is 12.1 Å². The molecule has 0 saturated carbocycles. The Morgan fingerprint density at radius 1 is 1.12 bits per heavy atom. The summed E-state index contributed by atoms with van der Waals surface area (Å²) in [5, 5.41) is 15.3. The van der Waals surface area contributed by atoms with Gasteiger partial charge in [0.05, 0.1) is 18.0 Å². The van der Waals surface area contributed by atoms with Gasteiger partial charge in [-0.3, -0.25) is 0 Å². The van der Waals surface area contributed by atoms with E-state index in [2.05, 4.69) is 10.4 Å². The fourth-order valence-electron chi connectivity index (χ4n) is 2.05. The van der Waals surface area contributed by atoms with Crippen LogP contribution in [0, 0.1) is 11.3 Å². The third-order valence-corrected chi connectivity index (χ3v) is 3.27. The number of carbonyl (C=O) groups is 1. The molecular formula is C18H14N4O2. The van der Waals surface area contributed by atoms with Crippen molar-refractivity contribution in [2.75, 3.05) is 0 Å². The van der Waals surface area contributed by atoms with E-state index in [1.165, 1.54) is 12.4 Å². The van der Waals surface area contributed by atoms with Gasteiger partial charge in [-0.2, -0.15) is 15.0 Å². The summed E-state index contributed by atoms with van der Waals surface area (Å²) in [7, 11) is 0. The van der Waals surface area contributed by atoms with Crippen LogP contribution in [0.3, 0.4) is 0 Å². The Kier molecular flexibility index (Phi) is 4.54. The predicted octanol–water partition coefficient (Wildman–Crippen LogP) is 3.30. The molecule has 0 aliphatic heterocycles. The SMILES string of the molecule is N#Cc1cnn(C(=O)NCc2ccc(Oc3ccccc3)cc2)c1. The lowest BCUT2D eigenvalue weighted by Gasteiger charge is -2.08. The van der Waals surface area contributed by atoms with Gasteiger partial charge >= 0.3 is 6.03 Å². The number of nitrogens with zero attached hydrogens (tertiary/aromatic N) is 3. The van der Waals surface area contributed by atoms with E-state index >= 15 is 0 Å². The summed E-state index contributed by atoms with van der Waals surface area (Å²) < 4.78 is 6.81. The maximum Gasteiger partial charge on any atom is 0.342 e. The first-order valence-corrected chi connectivity index (χ1v) is 7.29. The fourth-order valence-corrected chi connectivity index (χ4v) is 2.05. The van der Waals surface area contributed by atoms with Gasteiger partial charge in [-0.15, -0.1) is 0 Å². The molecule has 0 saturated heterocycles. The lowest BCUT2D eigenvalue weighted by molar-refractivity contribution is 0.239. The highest BCUT2D eigenvalue weighted by atomic mass is 16.5. The maximum atomic E-state index is 11.9. The molecule has 0 radical (unpaired) electrons. The molecule has 1 amide bonds. The van der Waals surface area contributed by atoms with E-state index in [4.69, 9.17) is 10.00 Å². The zero-order valence-corrected chi connectivity index (χ0v) is 12.7.